The fourth-order valence-electron chi connectivity index (χ4n) is 1.91. The number of hydrogen-bond acceptors (Lipinski definition) is 1. The molecular weight excluding hydrogens is 594 g/mol. The minimum Gasteiger partial charge on any atom is -0.374 e. The second-order valence-electron chi connectivity index (χ2n) is 4.89. The van der Waals surface area contributed by atoms with E-state index < -0.39 is 8.15 Å². The Balaban J connectivity index is -0.000000142. The molecule has 0 aliphatic carbocycles. The van der Waals surface area contributed by atoms with E-state index in [1.807, 2.05) is 13.8 Å². The third-order valence-corrected chi connectivity index (χ3v) is 5.57. The van der Waals surface area contributed by atoms with Crippen molar-refractivity contribution in [3.63, 3.8) is 0 Å². The molecule has 0 aliphatic heterocycles. The Morgan fingerprint density at radius 2 is 0.762 bits per heavy atom. The van der Waals surface area contributed by atoms with E-state index in [0.29, 0.717) is 0 Å². The molecule has 1 N–H and O–H groups in total. The van der Waals surface area contributed by atoms with E-state index in [9.17, 15) is 0 Å². The van der Waals surface area contributed by atoms with Gasteiger partial charge in [0.05, 0.1) is 0 Å². The maximum absolute atomic E-state index is 8.73. The summed E-state index contributed by atoms with van der Waals surface area (Å²) in [6, 6.07) is 0. The van der Waals surface area contributed by atoms with Crippen LogP contribution in [0, 0.1) is 41.5 Å². The van der Waals surface area contributed by atoms with Crippen LogP contribution in [0.5, 0.6) is 0 Å². The van der Waals surface area contributed by atoms with E-state index in [2.05, 4.69) is 41.5 Å². The van der Waals surface area contributed by atoms with Crippen molar-refractivity contribution in [2.24, 2.45) is 0 Å². The van der Waals surface area contributed by atoms with Crippen LogP contribution in [0.2, 0.25) is 0 Å². The van der Waals surface area contributed by atoms with Gasteiger partial charge in [-0.2, -0.15) is 0 Å². The van der Waals surface area contributed by atoms with Gasteiger partial charge < -0.3 is 4.89 Å². The number of halogens is 2. The Morgan fingerprint density at radius 1 is 0.619 bits per heavy atom. The topological polar surface area (TPSA) is 20.2 Å². The van der Waals surface area contributed by atoms with E-state index in [0.717, 1.165) is 12.3 Å². The van der Waals surface area contributed by atoms with Crippen molar-refractivity contribution in [3.05, 3.63) is 33.4 Å². The van der Waals surface area contributed by atoms with Crippen molar-refractivity contribution >= 4 is 56.1 Å². The van der Waals surface area contributed by atoms with Crippen molar-refractivity contribution < 1.29 is 24.4 Å². The predicted octanol–water partition coefficient (Wildman–Crippen LogP) is 6.19. The molecule has 0 fully saturated rings. The van der Waals surface area contributed by atoms with Gasteiger partial charge in [0.25, 0.3) is 0 Å². The summed E-state index contributed by atoms with van der Waals surface area (Å²) in [5.74, 6) is 0. The van der Waals surface area contributed by atoms with E-state index in [1.54, 1.807) is 0 Å². The fourth-order valence-corrected chi connectivity index (χ4v) is 2.36. The first kappa shape index (κ1) is 30.6. The molecule has 0 unspecified atom stereocenters. The zero-order chi connectivity index (χ0) is 14.5. The smallest absolute Gasteiger partial charge is 0.0245 e. The van der Waals surface area contributed by atoms with Crippen LogP contribution in [-0.4, -0.2) is 17.2 Å². The minimum atomic E-state index is -0.576. The first-order valence-corrected chi connectivity index (χ1v) is 8.41. The van der Waals surface area contributed by atoms with Crippen molar-refractivity contribution in [1.29, 1.82) is 0 Å². The summed E-state index contributed by atoms with van der Waals surface area (Å²) in [6.07, 6.45) is 1.90. The molecule has 0 bridgehead atoms. The molecule has 21 heavy (non-hydrogen) atoms. The molecule has 0 amide bonds. The maximum Gasteiger partial charge on any atom is 0.0245 e. The minimum absolute atomic E-state index is 0. The molecule has 1 rings (SSSR count). The number of rotatable bonds is 2. The summed E-state index contributed by atoms with van der Waals surface area (Å²) >= 11 is 0. The van der Waals surface area contributed by atoms with E-state index in [1.165, 1.54) is 33.4 Å². The third-order valence-electron chi connectivity index (χ3n) is 4.11. The summed E-state index contributed by atoms with van der Waals surface area (Å²) < 4.78 is 0. The Morgan fingerprint density at radius 3 is 0.810 bits per heavy atom. The summed E-state index contributed by atoms with van der Waals surface area (Å²) in [5.41, 5.74) is 8.73. The monoisotopic (exact) mass is 626 g/mol. The summed E-state index contributed by atoms with van der Waals surface area (Å²) in [6.45, 7) is 17.3. The molecule has 5 heteroatoms. The van der Waals surface area contributed by atoms with Crippen LogP contribution in [0.25, 0.3) is 0 Å². The molecule has 0 saturated carbocycles. The first-order chi connectivity index (χ1) is 8.27. The molecular formula is C16H31I2OPRu. The van der Waals surface area contributed by atoms with Crippen LogP contribution in [0.4, 0.5) is 0 Å². The first-order valence-electron chi connectivity index (χ1n) is 6.75. The quantitative estimate of drug-likeness (QED) is 0.237. The molecule has 1 aromatic rings. The standard InChI is InChI=1S/C12H18.C4H11OP.2HI.Ru/c1-7-8(2)10(4)12(6)11(5)9(7)3;1-3-6(5)4-2;;;/h1-6H3;5H,3-4H2,1-2H3;2*1H;. The molecule has 1 nitrogen and oxygen atoms in total. The Labute approximate surface area is 180 Å². The molecule has 1 aromatic carbocycles. The van der Waals surface area contributed by atoms with E-state index in [4.69, 9.17) is 4.89 Å². The molecule has 0 radical (unpaired) electrons. The van der Waals surface area contributed by atoms with Gasteiger partial charge in [-0.25, -0.2) is 0 Å². The van der Waals surface area contributed by atoms with Crippen LogP contribution in [-0.2, 0) is 19.5 Å². The van der Waals surface area contributed by atoms with Crippen LogP contribution < -0.4 is 0 Å². The molecule has 0 atom stereocenters. The Kier molecular flexibility index (Phi) is 22.2. The van der Waals surface area contributed by atoms with Crippen molar-refractivity contribution in [2.75, 3.05) is 12.3 Å². The molecule has 0 heterocycles. The maximum atomic E-state index is 8.73. The molecule has 0 spiro atoms. The SMILES string of the molecule is CCP(O)CC.Cc1c(C)c(C)c(C)c(C)c1C.I.I.[Ru]. The zero-order valence-electron chi connectivity index (χ0n) is 14.5. The van der Waals surface area contributed by atoms with Crippen LogP contribution in [0.1, 0.15) is 47.2 Å². The third kappa shape index (κ3) is 9.54. The average Bonchev–Trinajstić information content (AvgIpc) is 2.40. The van der Waals surface area contributed by atoms with Gasteiger partial charge >= 0.3 is 0 Å². The average molecular weight is 625 g/mol. The van der Waals surface area contributed by atoms with E-state index >= 15 is 0 Å². The summed E-state index contributed by atoms with van der Waals surface area (Å²) in [5, 5.41) is 0. The van der Waals surface area contributed by atoms with Crippen LogP contribution in [0.15, 0.2) is 0 Å². The van der Waals surface area contributed by atoms with Crippen LogP contribution in [0.3, 0.4) is 0 Å². The van der Waals surface area contributed by atoms with Gasteiger partial charge in [-0.1, -0.05) is 13.8 Å². The normalized spacial score (nSPS) is 8.86. The predicted molar refractivity (Wildman–Crippen MR) is 116 cm³/mol. The second-order valence-corrected chi connectivity index (χ2v) is 7.17. The Hall–Kier alpha value is 1.69. The number of benzene rings is 1. The largest absolute Gasteiger partial charge is 0.374 e. The Bertz CT molecular complexity index is 303. The van der Waals surface area contributed by atoms with Crippen molar-refractivity contribution in [1.82, 2.24) is 0 Å². The molecule has 0 aromatic heterocycles. The van der Waals surface area contributed by atoms with Gasteiger partial charge in [0.1, 0.15) is 0 Å². The van der Waals surface area contributed by atoms with Gasteiger partial charge in [0.2, 0.25) is 0 Å². The second kappa shape index (κ2) is 15.2. The molecule has 0 saturated heterocycles. The van der Waals surface area contributed by atoms with Crippen LogP contribution >= 0.6 is 56.1 Å². The summed E-state index contributed by atoms with van der Waals surface area (Å²) in [7, 11) is -0.576. The zero-order valence-corrected chi connectivity index (χ0v) is 21.8. The van der Waals surface area contributed by atoms with Gasteiger partial charge in [0, 0.05) is 27.6 Å². The summed E-state index contributed by atoms with van der Waals surface area (Å²) in [4.78, 5) is 8.73. The van der Waals surface area contributed by atoms with Gasteiger partial charge in [-0.15, -0.1) is 48.0 Å². The number of hydrogen-bond donors (Lipinski definition) is 1. The fraction of sp³-hybridized carbons (Fsp3) is 0.625. The molecule has 128 valence electrons. The van der Waals surface area contributed by atoms with Gasteiger partial charge in [-0.3, -0.25) is 0 Å². The van der Waals surface area contributed by atoms with Crippen molar-refractivity contribution in [3.8, 4) is 0 Å². The van der Waals surface area contributed by atoms with E-state index in [-0.39, 0.29) is 67.4 Å². The molecule has 0 aliphatic rings. The van der Waals surface area contributed by atoms with Crippen molar-refractivity contribution in [2.45, 2.75) is 55.4 Å². The van der Waals surface area contributed by atoms with Gasteiger partial charge in [-0.05, 0) is 87.2 Å². The van der Waals surface area contributed by atoms with Gasteiger partial charge in [0.15, 0.2) is 0 Å².